The highest BCUT2D eigenvalue weighted by Gasteiger charge is 2.59. The van der Waals surface area contributed by atoms with Gasteiger partial charge in [0.05, 0.1) is 80.6 Å². The van der Waals surface area contributed by atoms with Gasteiger partial charge in [-0.2, -0.15) is 0 Å². The molecule has 762 valence electrons. The van der Waals surface area contributed by atoms with Gasteiger partial charge in [-0.25, -0.2) is 59.4 Å². The predicted octanol–water partition coefficient (Wildman–Crippen LogP) is 13.3. The van der Waals surface area contributed by atoms with Crippen molar-refractivity contribution < 1.29 is 104 Å². The average Bonchev–Trinajstić information content (AvgIpc) is 1.60. The molecule has 0 aliphatic carbocycles. The van der Waals surface area contributed by atoms with Gasteiger partial charge in [0.25, 0.3) is 11.8 Å². The van der Waals surface area contributed by atoms with Crippen molar-refractivity contribution in [1.29, 1.82) is 0 Å². The highest BCUT2D eigenvalue weighted by Crippen LogP contribution is 2.57. The normalized spacial score (nSPS) is 27.4. The van der Waals surface area contributed by atoms with Crippen molar-refractivity contribution in [3.8, 4) is 0 Å². The third-order valence-electron chi connectivity index (χ3n) is 27.2. The lowest BCUT2D eigenvalue weighted by atomic mass is 9.94. The molecule has 8 aliphatic heterocycles. The summed E-state index contributed by atoms with van der Waals surface area (Å²) in [5, 5.41) is 19.8. The van der Waals surface area contributed by atoms with E-state index in [1.807, 2.05) is 43.4 Å². The van der Waals surface area contributed by atoms with Gasteiger partial charge in [-0.3, -0.25) is 47.1 Å². The number of ether oxygens (including phenoxy) is 4. The number of benzene rings is 2. The zero-order valence-corrected chi connectivity index (χ0v) is 89.4. The van der Waals surface area contributed by atoms with Crippen molar-refractivity contribution >= 4 is 139 Å². The van der Waals surface area contributed by atoms with Crippen LogP contribution in [-0.2, 0) is 101 Å². The summed E-state index contributed by atoms with van der Waals surface area (Å²) >= 11 is 11.5. The molecule has 5 fully saturated rings. The third-order valence-corrected chi connectivity index (χ3v) is 40.0. The number of fused-ring (bicyclic) bond motifs is 12. The monoisotopic (exact) mass is 2090 g/mol. The van der Waals surface area contributed by atoms with E-state index in [-0.39, 0.29) is 84.4 Å². The van der Waals surface area contributed by atoms with Crippen molar-refractivity contribution in [1.82, 2.24) is 78.3 Å². The van der Waals surface area contributed by atoms with Crippen molar-refractivity contribution in [2.45, 2.75) is 251 Å². The van der Waals surface area contributed by atoms with E-state index in [4.69, 9.17) is 93.5 Å². The standard InChI is InChI=1S/C40H50N8O10P2S2Si.C39H49N9O11P2Si.2C6H15N.H2O/c1-23-27-18-52-60(51,62)57-35-33-25-17-41-31-29(25)43-21-45-37(31)47(38(49)24-13-9-7-10-14-24)16-12-8-11-15-26-30-36(44-20-42-26)48(22-46-30)39(55-27)32(23)56-59(50,61)53-19-28(54-33)34(35)58-63(5,6)40(2,3)4;1-23-26(17-49)55-37(30(23)58-61(53)54)47-21-44-28-25(40-19-41-33(28)47)15-11-8-12-16-46(36(51)24-13-9-7-10-14-24)34-29-35(43-20-42-34)48(22-45-29)38-32(57-60-52)31(27(18-50)56-38)59-62(5,6)39(2,3)4;2*1-4-7(5-2)6-3;/h7-10,12-14,17,20-23,25,27-28,32-35,39H,11,15-16,18-19H2,1-6H3,(H,50,61)(H,51,62);7-10,12-14,19-23,26-27,30-32,37-38,49-50H,11,15-18H2,1-6H3;2*4-6H2,1-3H3;1H2/p+1/b2*12-8+;;;/t23-,25+,27-,28-,32-,33?,34-,35+,39-,59?,60?;23-,26-,27-,30-,31-,32-,37-,38-;;;/m11.../s1. The first-order chi connectivity index (χ1) is 66.3. The molecule has 9 aromatic rings. The molecule has 140 heavy (non-hydrogen) atoms. The van der Waals surface area contributed by atoms with Gasteiger partial charge in [0, 0.05) is 46.8 Å². The molecule has 49 heteroatoms. The molecular formula is C91H132N19O22P4S2Si2+. The van der Waals surface area contributed by atoms with Crippen LogP contribution in [0.25, 0.3) is 33.5 Å². The fraction of sp³-hybridized carbons (Fsp3) is 0.582. The number of rotatable bonds is 26. The van der Waals surface area contributed by atoms with Crippen molar-refractivity contribution in [3.63, 3.8) is 0 Å². The Morgan fingerprint density at radius 2 is 1.13 bits per heavy atom. The molecule has 2 aromatic carbocycles. The lowest BCUT2D eigenvalue weighted by Gasteiger charge is -2.41. The molecule has 17 rings (SSSR count). The number of carbonyl (C=O) groups is 2. The number of imidazole rings is 3. The molecule has 8 aliphatic rings. The topological polar surface area (TPSA) is 494 Å². The second-order valence-electron chi connectivity index (χ2n) is 37.6. The first kappa shape index (κ1) is 111. The van der Waals surface area contributed by atoms with E-state index in [1.165, 1.54) is 82.1 Å². The number of amides is 2. The SMILES string of the molecule is CCN(CC)CC.CCN(CC)CC.C[C@H]1[C@@H](O[P+](=O)O)[C@H](n2cnc3c(CC/C=C/CN(C(=O)c4ccccc4)c4ncnc5c4ncn5[C@@H]4O[C@H](CO)[C@@H](O[Si](C)(C)C(C)(C)C)[C@H]4OP=O)ncnc32)O[C@@H]1CO.C[C@H]1[C@H]2OP(O)(=S)OC[C@H]3OC4[C@H]5C=Nc6c5ncnc6N(C(=O)c5ccccc5)C/C=C/CCc5ncnc6c5ncn6[C@@H]2O[C@@H]1COP(O)(=S)O[C@@H]4[C@@H]3O[Si](C)(C)C(C)(C)C.O. The Morgan fingerprint density at radius 1 is 0.600 bits per heavy atom. The number of aliphatic imine (C=N–C) groups is 1. The number of allylic oxidation sites excluding steroid dienone is 2. The van der Waals surface area contributed by atoms with Gasteiger partial charge in [-0.05, 0) is 149 Å². The Morgan fingerprint density at radius 3 is 1.71 bits per heavy atom. The molecule has 5 saturated heterocycles. The number of aromatic nitrogens is 14. The van der Waals surface area contributed by atoms with E-state index in [0.29, 0.717) is 93.1 Å². The van der Waals surface area contributed by atoms with E-state index < -0.39 is 145 Å². The molecule has 0 saturated carbocycles. The summed E-state index contributed by atoms with van der Waals surface area (Å²) in [6, 6.07) is 17.7. The Bertz CT molecular complexity index is 5870. The molecule has 15 heterocycles. The van der Waals surface area contributed by atoms with Crippen molar-refractivity contribution in [2.75, 3.05) is 88.6 Å². The molecule has 4 unspecified atom stereocenters. The van der Waals surface area contributed by atoms with Crippen LogP contribution in [0, 0.1) is 11.8 Å². The molecule has 14 bridgehead atoms. The van der Waals surface area contributed by atoms with Gasteiger partial charge in [0.15, 0.2) is 75.5 Å². The number of aryl methyl sites for hydroxylation is 2. The Labute approximate surface area is 830 Å². The maximum absolute atomic E-state index is 14.3. The summed E-state index contributed by atoms with van der Waals surface area (Å²) in [6.45, 7) is 35.7. The van der Waals surface area contributed by atoms with Crippen LogP contribution in [0.3, 0.4) is 0 Å². The summed E-state index contributed by atoms with van der Waals surface area (Å²) < 4.78 is 105. The first-order valence-corrected chi connectivity index (χ1v) is 59.9. The molecule has 20 atom stereocenters. The van der Waals surface area contributed by atoms with E-state index in [0.717, 1.165) is 0 Å². The average molecular weight is 2090 g/mol. The number of aliphatic hydroxyl groups excluding tert-OH is 2. The number of hydrogen-bond acceptors (Lipinski definition) is 34. The van der Waals surface area contributed by atoms with Gasteiger partial charge in [0.1, 0.15) is 90.9 Å². The van der Waals surface area contributed by atoms with Gasteiger partial charge in [0.2, 0.25) is 0 Å². The summed E-state index contributed by atoms with van der Waals surface area (Å²) in [5.41, 5.74) is 5.60. The number of nitrogens with zero attached hydrogens (tertiary/aromatic N) is 19. The second kappa shape index (κ2) is 48.6. The zero-order valence-electron chi connectivity index (χ0n) is 82.2. The van der Waals surface area contributed by atoms with Crippen LogP contribution < -0.4 is 9.80 Å². The van der Waals surface area contributed by atoms with E-state index >= 15 is 0 Å². The van der Waals surface area contributed by atoms with E-state index in [2.05, 4.69) is 164 Å². The fourth-order valence-electron chi connectivity index (χ4n) is 17.1. The zero-order chi connectivity index (χ0) is 100. The predicted molar refractivity (Wildman–Crippen MR) is 539 cm³/mol. The Kier molecular flexibility index (Phi) is 38.6. The molecule has 7 N–H and O–H groups in total. The van der Waals surface area contributed by atoms with Gasteiger partial charge >= 0.3 is 30.4 Å². The Hall–Kier alpha value is -7.61. The number of aliphatic hydroxyl groups is 2. The van der Waals surface area contributed by atoms with Gasteiger partial charge in [-0.1, -0.05) is 158 Å². The number of carbonyl (C=O) groups excluding carboxylic acids is 2. The van der Waals surface area contributed by atoms with Crippen LogP contribution in [0.1, 0.15) is 172 Å². The van der Waals surface area contributed by atoms with Crippen LogP contribution in [0.15, 0.2) is 134 Å². The molecule has 0 spiro atoms. The fourth-order valence-corrected chi connectivity index (χ4v) is 23.4. The van der Waals surface area contributed by atoms with Crippen LogP contribution in [-0.4, -0.2) is 289 Å². The van der Waals surface area contributed by atoms with Crippen LogP contribution >= 0.6 is 30.4 Å². The minimum absolute atomic E-state index is 0. The maximum atomic E-state index is 14.3. The van der Waals surface area contributed by atoms with Crippen LogP contribution in [0.5, 0.6) is 0 Å². The summed E-state index contributed by atoms with van der Waals surface area (Å²) in [4.78, 5) is 125. The number of hydrogen-bond donors (Lipinski definition) is 5. The smallest absolute Gasteiger partial charge is 0.412 e. The largest absolute Gasteiger partial charge is 0.695 e. The minimum atomic E-state index is -4.12. The molecule has 0 radical (unpaired) electrons. The second-order valence-corrected chi connectivity index (χ2v) is 53.7. The van der Waals surface area contributed by atoms with Crippen molar-refractivity contribution in [3.05, 3.63) is 157 Å². The summed E-state index contributed by atoms with van der Waals surface area (Å²) in [6.07, 6.45) is 9.38. The summed E-state index contributed by atoms with van der Waals surface area (Å²) in [5.74, 6) is -1.67. The van der Waals surface area contributed by atoms with Crippen LogP contribution in [0.2, 0.25) is 36.3 Å². The molecular weight excluding hydrogens is 1960 g/mol. The highest BCUT2D eigenvalue weighted by atomic mass is 32.5. The third kappa shape index (κ3) is 25.4. The lowest BCUT2D eigenvalue weighted by molar-refractivity contribution is -0.0514. The first-order valence-electron chi connectivity index (χ1n) is 47.0. The molecule has 41 nitrogen and oxygen atoms in total. The number of anilines is 2. The summed E-state index contributed by atoms with van der Waals surface area (Å²) in [7, 11) is -8.61. The quantitative estimate of drug-likeness (QED) is 0.0191. The highest BCUT2D eigenvalue weighted by molar-refractivity contribution is 8.07. The van der Waals surface area contributed by atoms with Gasteiger partial charge in [-0.15, -0.1) is 9.42 Å². The van der Waals surface area contributed by atoms with Crippen molar-refractivity contribution in [2.24, 2.45) is 16.8 Å². The maximum Gasteiger partial charge on any atom is 0.695 e. The minimum Gasteiger partial charge on any atom is -0.412 e. The van der Waals surface area contributed by atoms with Gasteiger partial charge < -0.3 is 76.6 Å². The Balaban J connectivity index is 0.000000219. The molecule has 7 aromatic heterocycles. The van der Waals surface area contributed by atoms with E-state index in [1.54, 1.807) is 86.6 Å². The van der Waals surface area contributed by atoms with Crippen LogP contribution in [0.4, 0.5) is 17.3 Å². The molecule has 2 amide bonds. The lowest BCUT2D eigenvalue weighted by Crippen LogP contribution is -2.50. The van der Waals surface area contributed by atoms with E-state index in [9.17, 15) is 43.6 Å².